The highest BCUT2D eigenvalue weighted by Crippen LogP contribution is 2.46. The highest BCUT2D eigenvalue weighted by molar-refractivity contribution is 6.05. The summed E-state index contributed by atoms with van der Waals surface area (Å²) in [5.41, 5.74) is -0.710. The first kappa shape index (κ1) is 39.4. The molecule has 1 aliphatic carbocycles. The van der Waals surface area contributed by atoms with Gasteiger partial charge < -0.3 is 33.9 Å². The lowest BCUT2D eigenvalue weighted by molar-refractivity contribution is -0.152. The van der Waals surface area contributed by atoms with Crippen molar-refractivity contribution in [3.05, 3.63) is 58.7 Å². The van der Waals surface area contributed by atoms with E-state index in [0.717, 1.165) is 5.56 Å². The zero-order chi connectivity index (χ0) is 37.9. The average Bonchev–Trinajstić information content (AvgIpc) is 3.29. The SMILES string of the molecule is COc1cc(CC2(C(=O)O)CCN(C(=O)OC(C)(C)C)CC2)ccc1F.COc1cc2c(cc1F)C(=O)C1(CCN(C(=O)OC(C)(C)C)CC1)C2. The third kappa shape index (κ3) is 9.28. The molecule has 2 fully saturated rings. The number of carboxylic acid groups (broad SMARTS) is 1. The summed E-state index contributed by atoms with van der Waals surface area (Å²) in [7, 11) is 2.78. The van der Waals surface area contributed by atoms with Gasteiger partial charge in [-0.15, -0.1) is 0 Å². The van der Waals surface area contributed by atoms with Crippen molar-refractivity contribution in [2.45, 2.75) is 91.3 Å². The van der Waals surface area contributed by atoms with Crippen LogP contribution >= 0.6 is 0 Å². The Balaban J connectivity index is 0.000000229. The lowest BCUT2D eigenvalue weighted by Gasteiger charge is -2.39. The molecule has 2 saturated heterocycles. The van der Waals surface area contributed by atoms with Crippen molar-refractivity contribution in [1.82, 2.24) is 9.80 Å². The highest BCUT2D eigenvalue weighted by atomic mass is 19.1. The summed E-state index contributed by atoms with van der Waals surface area (Å²) in [5, 5.41) is 9.80. The summed E-state index contributed by atoms with van der Waals surface area (Å²) < 4.78 is 48.3. The molecule has 2 amide bonds. The maximum absolute atomic E-state index is 14.0. The number of piperidine rings is 2. The summed E-state index contributed by atoms with van der Waals surface area (Å²) in [4.78, 5) is 52.4. The number of hydrogen-bond donors (Lipinski definition) is 1. The maximum atomic E-state index is 14.0. The minimum atomic E-state index is -0.999. The number of hydrogen-bond acceptors (Lipinski definition) is 8. The van der Waals surface area contributed by atoms with E-state index in [2.05, 4.69) is 0 Å². The van der Waals surface area contributed by atoms with Crippen molar-refractivity contribution in [2.75, 3.05) is 40.4 Å². The summed E-state index contributed by atoms with van der Waals surface area (Å²) in [6.45, 7) is 12.4. The zero-order valence-electron chi connectivity index (χ0n) is 30.8. The van der Waals surface area contributed by atoms with Crippen molar-refractivity contribution in [2.24, 2.45) is 10.8 Å². The van der Waals surface area contributed by atoms with Crippen LogP contribution < -0.4 is 9.47 Å². The van der Waals surface area contributed by atoms with Gasteiger partial charge in [0.05, 0.1) is 19.6 Å². The summed E-state index contributed by atoms with van der Waals surface area (Å²) >= 11 is 0. The molecule has 51 heavy (non-hydrogen) atoms. The average molecular weight is 717 g/mol. The lowest BCUT2D eigenvalue weighted by atomic mass is 9.74. The van der Waals surface area contributed by atoms with Crippen LogP contribution in [0.1, 0.15) is 88.7 Å². The predicted octanol–water partition coefficient (Wildman–Crippen LogP) is 7.07. The summed E-state index contributed by atoms with van der Waals surface area (Å²) in [5.74, 6) is -1.68. The van der Waals surface area contributed by atoms with Crippen LogP contribution in [0, 0.1) is 22.5 Å². The van der Waals surface area contributed by atoms with Gasteiger partial charge in [0.2, 0.25) is 0 Å². The van der Waals surface area contributed by atoms with Crippen molar-refractivity contribution < 1.29 is 52.0 Å². The number of ether oxygens (including phenoxy) is 4. The number of halogens is 2. The normalized spacial score (nSPS) is 18.0. The van der Waals surface area contributed by atoms with Gasteiger partial charge in [-0.1, -0.05) is 6.07 Å². The third-order valence-electron chi connectivity index (χ3n) is 9.59. The number of carbonyl (C=O) groups excluding carboxylic acids is 3. The van der Waals surface area contributed by atoms with E-state index in [0.29, 0.717) is 69.4 Å². The smallest absolute Gasteiger partial charge is 0.410 e. The monoisotopic (exact) mass is 716 g/mol. The molecule has 1 N–H and O–H groups in total. The molecule has 11 nitrogen and oxygen atoms in total. The number of likely N-dealkylation sites (tertiary alicyclic amines) is 2. The molecule has 280 valence electrons. The number of methoxy groups -OCH3 is 2. The van der Waals surface area contributed by atoms with Crippen LogP contribution in [0.25, 0.3) is 0 Å². The quantitative estimate of drug-likeness (QED) is 0.345. The fraction of sp³-hybridized carbons (Fsp3) is 0.579. The number of carboxylic acids is 1. The van der Waals surface area contributed by atoms with E-state index in [1.54, 1.807) is 37.8 Å². The Kier molecular flexibility index (Phi) is 11.6. The Labute approximate surface area is 298 Å². The first-order chi connectivity index (χ1) is 23.7. The summed E-state index contributed by atoms with van der Waals surface area (Å²) in [6.07, 6.45) is 1.77. The van der Waals surface area contributed by atoms with E-state index in [9.17, 15) is 33.1 Å². The molecular formula is C38H50F2N2O9. The first-order valence-corrected chi connectivity index (χ1v) is 17.1. The van der Waals surface area contributed by atoms with Crippen molar-refractivity contribution >= 4 is 23.9 Å². The Hall–Kier alpha value is -4.42. The molecule has 0 aromatic heterocycles. The van der Waals surface area contributed by atoms with E-state index in [1.165, 1.54) is 37.3 Å². The molecule has 0 atom stereocenters. The van der Waals surface area contributed by atoms with Gasteiger partial charge >= 0.3 is 18.2 Å². The molecule has 0 bridgehead atoms. The van der Waals surface area contributed by atoms with Crippen LogP contribution in [-0.2, 0) is 27.1 Å². The number of benzene rings is 2. The largest absolute Gasteiger partial charge is 0.494 e. The Bertz CT molecular complexity index is 1630. The van der Waals surface area contributed by atoms with Gasteiger partial charge in [0.25, 0.3) is 0 Å². The second-order valence-electron chi connectivity index (χ2n) is 15.6. The van der Waals surface area contributed by atoms with Crippen LogP contribution in [0.5, 0.6) is 11.5 Å². The van der Waals surface area contributed by atoms with Crippen LogP contribution in [0.4, 0.5) is 18.4 Å². The predicted molar refractivity (Wildman–Crippen MR) is 184 cm³/mol. The topological polar surface area (TPSA) is 132 Å². The fourth-order valence-electron chi connectivity index (χ4n) is 6.80. The van der Waals surface area contributed by atoms with Gasteiger partial charge in [0, 0.05) is 37.2 Å². The maximum Gasteiger partial charge on any atom is 0.410 e. The number of fused-ring (bicyclic) bond motifs is 1. The van der Waals surface area contributed by atoms with Crippen molar-refractivity contribution in [1.29, 1.82) is 0 Å². The molecular weight excluding hydrogens is 666 g/mol. The van der Waals surface area contributed by atoms with Gasteiger partial charge in [0.1, 0.15) is 11.2 Å². The first-order valence-electron chi connectivity index (χ1n) is 17.1. The molecule has 0 radical (unpaired) electrons. The number of nitrogens with zero attached hydrogens (tertiary/aromatic N) is 2. The number of aliphatic carboxylic acids is 1. The van der Waals surface area contributed by atoms with Crippen LogP contribution in [-0.4, -0.2) is 90.4 Å². The Morgan fingerprint density at radius 2 is 1.25 bits per heavy atom. The standard InChI is InChI=1S/C19H26FNO5.C19H24FNO4/c1-18(2,3)26-17(24)21-9-7-19(8-10-21,16(22)23)12-13-5-6-14(20)15(11-13)25-4;1-18(2,3)25-17(23)21-7-5-19(6-8-21)11-12-9-15(24-4)14(20)10-13(12)16(19)22/h5-6,11H,7-10,12H2,1-4H3,(H,22,23);9-10H,5-8,11H2,1-4H3. The minimum absolute atomic E-state index is 0.0205. The Morgan fingerprint density at radius 1 is 0.765 bits per heavy atom. The van der Waals surface area contributed by atoms with Gasteiger partial charge in [-0.3, -0.25) is 9.59 Å². The number of amides is 2. The van der Waals surface area contributed by atoms with E-state index in [-0.39, 0.29) is 29.8 Å². The van der Waals surface area contributed by atoms with Gasteiger partial charge in [0.15, 0.2) is 28.9 Å². The van der Waals surface area contributed by atoms with E-state index in [4.69, 9.17) is 18.9 Å². The molecule has 1 spiro atoms. The molecule has 0 unspecified atom stereocenters. The molecule has 2 aromatic carbocycles. The Morgan fingerprint density at radius 3 is 1.73 bits per heavy atom. The number of rotatable bonds is 5. The van der Waals surface area contributed by atoms with Crippen LogP contribution in [0.15, 0.2) is 30.3 Å². The fourth-order valence-corrected chi connectivity index (χ4v) is 6.80. The molecule has 2 aliphatic heterocycles. The molecule has 2 heterocycles. The summed E-state index contributed by atoms with van der Waals surface area (Å²) in [6, 6.07) is 7.28. The molecule has 5 rings (SSSR count). The highest BCUT2D eigenvalue weighted by Gasteiger charge is 2.48. The van der Waals surface area contributed by atoms with E-state index < -0.39 is 45.7 Å². The van der Waals surface area contributed by atoms with Crippen molar-refractivity contribution in [3.8, 4) is 11.5 Å². The van der Waals surface area contributed by atoms with Crippen LogP contribution in [0.2, 0.25) is 0 Å². The zero-order valence-corrected chi connectivity index (χ0v) is 30.8. The van der Waals surface area contributed by atoms with Gasteiger partial charge in [-0.25, -0.2) is 18.4 Å². The van der Waals surface area contributed by atoms with E-state index in [1.807, 2.05) is 20.8 Å². The molecule has 13 heteroatoms. The molecule has 3 aliphatic rings. The number of ketones is 1. The minimum Gasteiger partial charge on any atom is -0.494 e. The molecule has 0 saturated carbocycles. The second-order valence-corrected chi connectivity index (χ2v) is 15.6. The van der Waals surface area contributed by atoms with Crippen LogP contribution in [0.3, 0.4) is 0 Å². The van der Waals surface area contributed by atoms with E-state index >= 15 is 0 Å². The number of Topliss-reactive ketones (excluding diaryl/α,β-unsaturated/α-hetero) is 1. The third-order valence-corrected chi connectivity index (χ3v) is 9.59. The van der Waals surface area contributed by atoms with Crippen molar-refractivity contribution in [3.63, 3.8) is 0 Å². The van der Waals surface area contributed by atoms with Gasteiger partial charge in [-0.05, 0) is 115 Å². The number of carbonyl (C=O) groups is 4. The van der Waals surface area contributed by atoms with Gasteiger partial charge in [-0.2, -0.15) is 0 Å². The lowest BCUT2D eigenvalue weighted by Crippen LogP contribution is -2.48. The molecule has 2 aromatic rings. The second kappa shape index (κ2) is 15.1.